The summed E-state index contributed by atoms with van der Waals surface area (Å²) in [6.07, 6.45) is 3.21. The summed E-state index contributed by atoms with van der Waals surface area (Å²) in [5.74, 6) is 0. The van der Waals surface area contributed by atoms with E-state index in [0.717, 1.165) is 19.3 Å². The molecule has 0 nitrogen and oxygen atoms in total. The highest BCUT2D eigenvalue weighted by atomic mass is 14.3. The lowest BCUT2D eigenvalue weighted by Crippen LogP contribution is -1.97. The van der Waals surface area contributed by atoms with Crippen molar-refractivity contribution in [3.63, 3.8) is 0 Å². The number of rotatable bonds is 3. The first kappa shape index (κ1) is 13.3. The molecule has 0 amide bonds. The lowest BCUT2D eigenvalue weighted by molar-refractivity contribution is 1.09. The van der Waals surface area contributed by atoms with Gasteiger partial charge in [-0.2, -0.15) is 0 Å². The van der Waals surface area contributed by atoms with Crippen molar-refractivity contribution < 1.29 is 0 Å². The number of aryl methyl sites for hydroxylation is 1. The molecule has 0 saturated carbocycles. The molecule has 4 rings (SSSR count). The summed E-state index contributed by atoms with van der Waals surface area (Å²) in [6.45, 7) is 2.26. The van der Waals surface area contributed by atoms with Crippen LogP contribution in [0.15, 0.2) is 66.7 Å². The van der Waals surface area contributed by atoms with Crippen molar-refractivity contribution in [2.75, 3.05) is 0 Å². The minimum absolute atomic E-state index is 1.03. The maximum absolute atomic E-state index is 2.34. The van der Waals surface area contributed by atoms with Gasteiger partial charge in [-0.05, 0) is 58.2 Å². The Hall–Kier alpha value is -2.34. The molecule has 0 saturated heterocycles. The molecule has 0 heterocycles. The van der Waals surface area contributed by atoms with Gasteiger partial charge >= 0.3 is 0 Å². The molecule has 0 spiro atoms. The van der Waals surface area contributed by atoms with Crippen LogP contribution in [-0.2, 0) is 19.3 Å². The molecule has 108 valence electrons. The molecule has 0 aliphatic heterocycles. The molecule has 0 aromatic heterocycles. The fourth-order valence-electron chi connectivity index (χ4n) is 3.66. The molecule has 0 bridgehead atoms. The molecule has 0 fully saturated rings. The van der Waals surface area contributed by atoms with Crippen LogP contribution in [0.5, 0.6) is 0 Å². The zero-order valence-corrected chi connectivity index (χ0v) is 13.0. The van der Waals surface area contributed by atoms with Crippen molar-refractivity contribution >= 4 is 0 Å². The van der Waals surface area contributed by atoms with Gasteiger partial charge < -0.3 is 0 Å². The van der Waals surface area contributed by atoms with Crippen LogP contribution in [0.2, 0.25) is 0 Å². The number of benzene rings is 3. The van der Waals surface area contributed by atoms with Crippen molar-refractivity contribution in [2.24, 2.45) is 0 Å². The topological polar surface area (TPSA) is 0 Å². The standard InChI is InChI=1S/C22H20/c1-2-17-12-13-19(14-16-8-4-3-5-9-16)21-15-18-10-6-7-11-20(18)22(17)21/h3-13H,2,14-15H2,1H3. The Labute approximate surface area is 132 Å². The fourth-order valence-corrected chi connectivity index (χ4v) is 3.66. The summed E-state index contributed by atoms with van der Waals surface area (Å²) in [7, 11) is 0. The van der Waals surface area contributed by atoms with Crippen molar-refractivity contribution in [3.8, 4) is 11.1 Å². The zero-order chi connectivity index (χ0) is 14.9. The second-order valence-corrected chi connectivity index (χ2v) is 6.09. The Balaban J connectivity index is 1.84. The van der Waals surface area contributed by atoms with E-state index in [-0.39, 0.29) is 0 Å². The molecule has 0 unspecified atom stereocenters. The van der Waals surface area contributed by atoms with E-state index < -0.39 is 0 Å². The van der Waals surface area contributed by atoms with Gasteiger partial charge in [0.25, 0.3) is 0 Å². The molecule has 3 aromatic carbocycles. The molecule has 1 aliphatic carbocycles. The van der Waals surface area contributed by atoms with Crippen LogP contribution in [0.3, 0.4) is 0 Å². The van der Waals surface area contributed by atoms with Crippen molar-refractivity contribution in [1.29, 1.82) is 0 Å². The van der Waals surface area contributed by atoms with E-state index in [2.05, 4.69) is 73.7 Å². The third kappa shape index (κ3) is 2.16. The third-order valence-electron chi connectivity index (χ3n) is 4.77. The first-order chi connectivity index (χ1) is 10.9. The highest BCUT2D eigenvalue weighted by molar-refractivity contribution is 5.80. The Morgan fingerprint density at radius 3 is 2.32 bits per heavy atom. The Bertz CT molecular complexity index is 813. The molecule has 0 atom stereocenters. The normalized spacial score (nSPS) is 12.0. The third-order valence-corrected chi connectivity index (χ3v) is 4.77. The first-order valence-corrected chi connectivity index (χ1v) is 8.12. The number of hydrogen-bond acceptors (Lipinski definition) is 0. The largest absolute Gasteiger partial charge is 0.0622 e. The summed E-state index contributed by atoms with van der Waals surface area (Å²) in [5.41, 5.74) is 10.3. The second kappa shape index (κ2) is 5.46. The van der Waals surface area contributed by atoms with Gasteiger partial charge in [-0.25, -0.2) is 0 Å². The van der Waals surface area contributed by atoms with E-state index in [1.165, 1.54) is 33.4 Å². The Morgan fingerprint density at radius 1 is 0.773 bits per heavy atom. The van der Waals surface area contributed by atoms with Crippen LogP contribution in [-0.4, -0.2) is 0 Å². The summed E-state index contributed by atoms with van der Waals surface area (Å²) in [4.78, 5) is 0. The van der Waals surface area contributed by atoms with Crippen molar-refractivity contribution in [3.05, 3.63) is 94.5 Å². The summed E-state index contributed by atoms with van der Waals surface area (Å²) >= 11 is 0. The van der Waals surface area contributed by atoms with Gasteiger partial charge in [-0.3, -0.25) is 0 Å². The predicted molar refractivity (Wildman–Crippen MR) is 93.3 cm³/mol. The van der Waals surface area contributed by atoms with E-state index in [1.807, 2.05) is 0 Å². The average molecular weight is 284 g/mol. The van der Waals surface area contributed by atoms with Gasteiger partial charge in [0.1, 0.15) is 0 Å². The van der Waals surface area contributed by atoms with Crippen LogP contribution in [0.1, 0.15) is 34.7 Å². The van der Waals surface area contributed by atoms with Gasteiger partial charge in [0.15, 0.2) is 0 Å². The first-order valence-electron chi connectivity index (χ1n) is 8.12. The fraction of sp³-hybridized carbons (Fsp3) is 0.182. The minimum Gasteiger partial charge on any atom is -0.0622 e. The van der Waals surface area contributed by atoms with E-state index in [1.54, 1.807) is 5.56 Å². The summed E-state index contributed by atoms with van der Waals surface area (Å²) in [5, 5.41) is 0. The Morgan fingerprint density at radius 2 is 1.50 bits per heavy atom. The van der Waals surface area contributed by atoms with Crippen LogP contribution in [0, 0.1) is 0 Å². The summed E-state index contributed by atoms with van der Waals surface area (Å²) in [6, 6.07) is 24.4. The number of hydrogen-bond donors (Lipinski definition) is 0. The predicted octanol–water partition coefficient (Wildman–Crippen LogP) is 5.41. The molecule has 0 heteroatoms. The molecule has 1 aliphatic rings. The monoisotopic (exact) mass is 284 g/mol. The van der Waals surface area contributed by atoms with Crippen molar-refractivity contribution in [2.45, 2.75) is 26.2 Å². The maximum Gasteiger partial charge on any atom is -0.00105 e. The van der Waals surface area contributed by atoms with Gasteiger partial charge in [-0.1, -0.05) is 73.7 Å². The van der Waals surface area contributed by atoms with E-state index in [4.69, 9.17) is 0 Å². The van der Waals surface area contributed by atoms with Gasteiger partial charge in [0.05, 0.1) is 0 Å². The van der Waals surface area contributed by atoms with Crippen LogP contribution < -0.4 is 0 Å². The lowest BCUT2D eigenvalue weighted by Gasteiger charge is -2.13. The highest BCUT2D eigenvalue weighted by Gasteiger charge is 2.23. The molecule has 22 heavy (non-hydrogen) atoms. The van der Waals surface area contributed by atoms with Crippen molar-refractivity contribution in [1.82, 2.24) is 0 Å². The van der Waals surface area contributed by atoms with Gasteiger partial charge in [-0.15, -0.1) is 0 Å². The molecule has 0 radical (unpaired) electrons. The molecule has 0 N–H and O–H groups in total. The van der Waals surface area contributed by atoms with E-state index in [0.29, 0.717) is 0 Å². The smallest absolute Gasteiger partial charge is 0.00105 e. The van der Waals surface area contributed by atoms with Gasteiger partial charge in [0.2, 0.25) is 0 Å². The van der Waals surface area contributed by atoms with Gasteiger partial charge in [0, 0.05) is 0 Å². The average Bonchev–Trinajstić information content (AvgIpc) is 2.96. The molecular weight excluding hydrogens is 264 g/mol. The zero-order valence-electron chi connectivity index (χ0n) is 13.0. The highest BCUT2D eigenvalue weighted by Crippen LogP contribution is 2.41. The second-order valence-electron chi connectivity index (χ2n) is 6.09. The minimum atomic E-state index is 1.03. The SMILES string of the molecule is CCc1ccc(Cc2ccccc2)c2c1-c1ccccc1C2. The van der Waals surface area contributed by atoms with Crippen LogP contribution in [0.25, 0.3) is 11.1 Å². The van der Waals surface area contributed by atoms with Crippen LogP contribution in [0.4, 0.5) is 0 Å². The number of fused-ring (bicyclic) bond motifs is 3. The maximum atomic E-state index is 2.34. The summed E-state index contributed by atoms with van der Waals surface area (Å²) < 4.78 is 0. The molecular formula is C22H20. The quantitative estimate of drug-likeness (QED) is 0.472. The van der Waals surface area contributed by atoms with Crippen LogP contribution >= 0.6 is 0 Å². The van der Waals surface area contributed by atoms with E-state index >= 15 is 0 Å². The Kier molecular flexibility index (Phi) is 3.31. The van der Waals surface area contributed by atoms with E-state index in [9.17, 15) is 0 Å². The molecule has 3 aromatic rings. The lowest BCUT2D eigenvalue weighted by atomic mass is 9.91.